The second-order valence-electron chi connectivity index (χ2n) is 7.01. The number of aromatic nitrogens is 2. The second-order valence-corrected chi connectivity index (χ2v) is 7.45. The van der Waals surface area contributed by atoms with Gasteiger partial charge in [0.15, 0.2) is 12.3 Å². The van der Waals surface area contributed by atoms with Gasteiger partial charge in [-0.25, -0.2) is 9.07 Å². The largest absolute Gasteiger partial charge is 0.484 e. The quantitative estimate of drug-likeness (QED) is 0.609. The van der Waals surface area contributed by atoms with E-state index in [0.29, 0.717) is 37.0 Å². The summed E-state index contributed by atoms with van der Waals surface area (Å²) < 4.78 is 20.8. The van der Waals surface area contributed by atoms with Crippen molar-refractivity contribution in [2.45, 2.75) is 0 Å². The molecule has 31 heavy (non-hydrogen) atoms. The Morgan fingerprint density at radius 3 is 2.35 bits per heavy atom. The normalized spacial score (nSPS) is 13.9. The van der Waals surface area contributed by atoms with Crippen molar-refractivity contribution in [1.82, 2.24) is 19.6 Å². The molecule has 0 spiro atoms. The molecule has 0 aliphatic carbocycles. The number of ether oxygens (including phenoxy) is 1. The van der Waals surface area contributed by atoms with Crippen molar-refractivity contribution in [2.24, 2.45) is 0 Å². The molecule has 0 N–H and O–H groups in total. The first-order chi connectivity index (χ1) is 15.0. The van der Waals surface area contributed by atoms with Crippen LogP contribution in [0.15, 0.2) is 60.8 Å². The number of hydrogen-bond acceptors (Lipinski definition) is 4. The lowest BCUT2D eigenvalue weighted by atomic mass is 10.2. The molecule has 1 aliphatic heterocycles. The Balaban J connectivity index is 1.30. The first-order valence-electron chi connectivity index (χ1n) is 9.77. The highest BCUT2D eigenvalue weighted by Crippen LogP contribution is 2.16. The lowest BCUT2D eigenvalue weighted by molar-refractivity contribution is -0.134. The van der Waals surface area contributed by atoms with Gasteiger partial charge in [0.1, 0.15) is 17.3 Å². The predicted molar refractivity (Wildman–Crippen MR) is 113 cm³/mol. The Kier molecular flexibility index (Phi) is 6.18. The summed E-state index contributed by atoms with van der Waals surface area (Å²) >= 11 is 5.83. The van der Waals surface area contributed by atoms with Gasteiger partial charge in [-0.1, -0.05) is 23.7 Å². The van der Waals surface area contributed by atoms with E-state index in [-0.39, 0.29) is 29.8 Å². The number of carbonyl (C=O) groups is 2. The fourth-order valence-corrected chi connectivity index (χ4v) is 3.42. The van der Waals surface area contributed by atoms with Crippen LogP contribution in [0.3, 0.4) is 0 Å². The summed E-state index contributed by atoms with van der Waals surface area (Å²) in [5.74, 6) is -0.250. The highest BCUT2D eigenvalue weighted by molar-refractivity contribution is 6.30. The van der Waals surface area contributed by atoms with Gasteiger partial charge < -0.3 is 14.5 Å². The smallest absolute Gasteiger partial charge is 0.274 e. The molecule has 0 radical (unpaired) electrons. The maximum Gasteiger partial charge on any atom is 0.274 e. The number of carbonyl (C=O) groups excluding carboxylic acids is 2. The van der Waals surface area contributed by atoms with Crippen molar-refractivity contribution in [1.29, 1.82) is 0 Å². The lowest BCUT2D eigenvalue weighted by Crippen LogP contribution is -2.51. The van der Waals surface area contributed by atoms with Crippen molar-refractivity contribution in [3.8, 4) is 11.4 Å². The van der Waals surface area contributed by atoms with E-state index in [1.165, 1.54) is 10.7 Å². The molecule has 2 heterocycles. The first kappa shape index (κ1) is 20.9. The van der Waals surface area contributed by atoms with E-state index < -0.39 is 5.82 Å². The SMILES string of the molecule is O=C(COc1ccc(Cl)cc1)N1CCN(C(=O)c2ccn(-c3ccccc3F)n2)CC1. The average molecular weight is 443 g/mol. The van der Waals surface area contributed by atoms with Crippen LogP contribution < -0.4 is 4.74 Å². The molecule has 0 unspecified atom stereocenters. The van der Waals surface area contributed by atoms with Crippen LogP contribution in [0.2, 0.25) is 5.02 Å². The molecule has 1 saturated heterocycles. The summed E-state index contributed by atoms with van der Waals surface area (Å²) in [5.41, 5.74) is 0.506. The number of piperazine rings is 1. The van der Waals surface area contributed by atoms with Gasteiger partial charge in [0.2, 0.25) is 0 Å². The molecule has 1 aromatic heterocycles. The predicted octanol–water partition coefficient (Wildman–Crippen LogP) is 3.03. The Hall–Kier alpha value is -3.39. The Morgan fingerprint density at radius 1 is 0.968 bits per heavy atom. The summed E-state index contributed by atoms with van der Waals surface area (Å²) in [7, 11) is 0. The minimum atomic E-state index is -0.419. The van der Waals surface area contributed by atoms with E-state index >= 15 is 0 Å². The monoisotopic (exact) mass is 442 g/mol. The summed E-state index contributed by atoms with van der Waals surface area (Å²) in [6.45, 7) is 1.50. The van der Waals surface area contributed by atoms with Gasteiger partial charge >= 0.3 is 0 Å². The second kappa shape index (κ2) is 9.18. The maximum absolute atomic E-state index is 13.9. The summed E-state index contributed by atoms with van der Waals surface area (Å²) in [6.07, 6.45) is 1.56. The van der Waals surface area contributed by atoms with E-state index in [0.717, 1.165) is 0 Å². The standard InChI is InChI=1S/C22H20ClFN4O3/c23-16-5-7-17(8-6-16)31-15-21(29)26-11-13-27(14-12-26)22(30)19-9-10-28(25-19)20-4-2-1-3-18(20)24/h1-10H,11-15H2. The number of para-hydroxylation sites is 1. The van der Waals surface area contributed by atoms with Crippen LogP contribution in [0, 0.1) is 5.82 Å². The molecule has 0 atom stereocenters. The van der Waals surface area contributed by atoms with E-state index in [4.69, 9.17) is 16.3 Å². The number of amides is 2. The van der Waals surface area contributed by atoms with Crippen molar-refractivity contribution < 1.29 is 18.7 Å². The molecule has 160 valence electrons. The van der Waals surface area contributed by atoms with Gasteiger partial charge in [-0.2, -0.15) is 5.10 Å². The van der Waals surface area contributed by atoms with E-state index in [2.05, 4.69) is 5.10 Å². The van der Waals surface area contributed by atoms with Crippen LogP contribution in [0.1, 0.15) is 10.5 Å². The zero-order valence-electron chi connectivity index (χ0n) is 16.6. The molecular weight excluding hydrogens is 423 g/mol. The van der Waals surface area contributed by atoms with Crippen LogP contribution in [0.5, 0.6) is 5.75 Å². The molecule has 9 heteroatoms. The topological polar surface area (TPSA) is 67.7 Å². The van der Waals surface area contributed by atoms with Crippen molar-refractivity contribution >= 4 is 23.4 Å². The molecule has 4 rings (SSSR count). The molecule has 0 saturated carbocycles. The molecule has 2 amide bonds. The minimum Gasteiger partial charge on any atom is -0.484 e. The van der Waals surface area contributed by atoms with Crippen LogP contribution >= 0.6 is 11.6 Å². The third kappa shape index (κ3) is 4.86. The van der Waals surface area contributed by atoms with Crippen LogP contribution in [-0.4, -0.2) is 64.2 Å². The first-order valence-corrected chi connectivity index (χ1v) is 10.1. The van der Waals surface area contributed by atoms with E-state index in [1.807, 2.05) is 0 Å². The van der Waals surface area contributed by atoms with Gasteiger partial charge in [-0.3, -0.25) is 9.59 Å². The van der Waals surface area contributed by atoms with Crippen LogP contribution in [0.25, 0.3) is 5.69 Å². The number of benzene rings is 2. The highest BCUT2D eigenvalue weighted by Gasteiger charge is 2.26. The van der Waals surface area contributed by atoms with Gasteiger partial charge in [0.05, 0.1) is 0 Å². The molecule has 3 aromatic rings. The van der Waals surface area contributed by atoms with Gasteiger partial charge in [0, 0.05) is 37.4 Å². The lowest BCUT2D eigenvalue weighted by Gasteiger charge is -2.34. The van der Waals surface area contributed by atoms with Crippen molar-refractivity contribution in [3.63, 3.8) is 0 Å². The number of halogens is 2. The molecule has 2 aromatic carbocycles. The van der Waals surface area contributed by atoms with E-state index in [1.54, 1.807) is 64.5 Å². The van der Waals surface area contributed by atoms with Crippen LogP contribution in [-0.2, 0) is 4.79 Å². The molecule has 7 nitrogen and oxygen atoms in total. The van der Waals surface area contributed by atoms with E-state index in [9.17, 15) is 14.0 Å². The zero-order valence-corrected chi connectivity index (χ0v) is 17.3. The molecule has 1 aliphatic rings. The fourth-order valence-electron chi connectivity index (χ4n) is 3.30. The number of nitrogens with zero attached hydrogens (tertiary/aromatic N) is 4. The summed E-state index contributed by atoms with van der Waals surface area (Å²) in [6, 6.07) is 14.6. The Labute approximate surface area is 183 Å². The Bertz CT molecular complexity index is 1080. The van der Waals surface area contributed by atoms with Crippen molar-refractivity contribution in [3.05, 3.63) is 77.3 Å². The zero-order chi connectivity index (χ0) is 21.8. The minimum absolute atomic E-state index is 0.0807. The van der Waals surface area contributed by atoms with Crippen LogP contribution in [0.4, 0.5) is 4.39 Å². The molecular formula is C22H20ClFN4O3. The fraction of sp³-hybridized carbons (Fsp3) is 0.227. The maximum atomic E-state index is 13.9. The highest BCUT2D eigenvalue weighted by atomic mass is 35.5. The third-order valence-electron chi connectivity index (χ3n) is 5.00. The van der Waals surface area contributed by atoms with Gasteiger partial charge in [-0.05, 0) is 42.5 Å². The van der Waals surface area contributed by atoms with Gasteiger partial charge in [-0.15, -0.1) is 0 Å². The summed E-state index contributed by atoms with van der Waals surface area (Å²) in [5, 5.41) is 4.81. The average Bonchev–Trinajstić information content (AvgIpc) is 3.28. The third-order valence-corrected chi connectivity index (χ3v) is 5.25. The number of hydrogen-bond donors (Lipinski definition) is 0. The number of rotatable bonds is 5. The molecule has 1 fully saturated rings. The Morgan fingerprint density at radius 2 is 1.65 bits per heavy atom. The van der Waals surface area contributed by atoms with Crippen molar-refractivity contribution in [2.75, 3.05) is 32.8 Å². The summed E-state index contributed by atoms with van der Waals surface area (Å²) in [4.78, 5) is 28.5. The molecule has 0 bridgehead atoms. The van der Waals surface area contributed by atoms with Gasteiger partial charge in [0.25, 0.3) is 11.8 Å².